The molecular weight excluding hydrogens is 242 g/mol. The van der Waals surface area contributed by atoms with E-state index in [0.29, 0.717) is 0 Å². The van der Waals surface area contributed by atoms with Gasteiger partial charge in [-0.2, -0.15) is 0 Å². The van der Waals surface area contributed by atoms with E-state index in [9.17, 15) is 13.2 Å². The average molecular weight is 246 g/mol. The number of ether oxygens (including phenoxy) is 1. The van der Waals surface area contributed by atoms with Crippen molar-refractivity contribution in [3.05, 3.63) is 23.0 Å². The molecule has 1 aromatic heterocycles. The lowest BCUT2D eigenvalue weighted by molar-refractivity contribution is -0.275. The molecule has 0 bridgehead atoms. The quantitative estimate of drug-likeness (QED) is 0.589. The maximum absolute atomic E-state index is 11.8. The topological polar surface area (TPSA) is 22.1 Å². The van der Waals surface area contributed by atoms with Crippen molar-refractivity contribution in [3.8, 4) is 5.75 Å². The smallest absolute Gasteiger partial charge is 0.404 e. The molecule has 7 heteroatoms. The maximum Gasteiger partial charge on any atom is 0.573 e. The Hall–Kier alpha value is -0.680. The van der Waals surface area contributed by atoms with E-state index in [1.54, 1.807) is 0 Å². The van der Waals surface area contributed by atoms with Crippen molar-refractivity contribution in [2.24, 2.45) is 0 Å². The van der Waals surface area contributed by atoms with E-state index < -0.39 is 12.1 Å². The second-order valence-electron chi connectivity index (χ2n) is 2.26. The maximum atomic E-state index is 11.8. The molecule has 0 radical (unpaired) electrons. The van der Waals surface area contributed by atoms with Crippen molar-refractivity contribution in [2.75, 3.05) is 0 Å². The zero-order chi connectivity index (χ0) is 10.8. The first kappa shape index (κ1) is 11.4. The van der Waals surface area contributed by atoms with Crippen LogP contribution in [0.25, 0.3) is 0 Å². The van der Waals surface area contributed by atoms with Gasteiger partial charge in [0.2, 0.25) is 0 Å². The van der Waals surface area contributed by atoms with Gasteiger partial charge in [-0.1, -0.05) is 11.6 Å². The third-order valence-electron chi connectivity index (χ3n) is 1.25. The molecule has 0 aliphatic carbocycles. The molecule has 0 aliphatic heterocycles. The molecule has 0 aliphatic rings. The van der Waals surface area contributed by atoms with Crippen LogP contribution in [0.15, 0.2) is 12.1 Å². The average Bonchev–Trinajstić information content (AvgIpc) is 2.06. The molecule has 2 nitrogen and oxygen atoms in total. The van der Waals surface area contributed by atoms with Crippen LogP contribution >= 0.6 is 23.2 Å². The van der Waals surface area contributed by atoms with Gasteiger partial charge in [0, 0.05) is 0 Å². The summed E-state index contributed by atoms with van der Waals surface area (Å²) in [5, 5.41) is 0.0650. The van der Waals surface area contributed by atoms with Crippen molar-refractivity contribution < 1.29 is 17.9 Å². The molecule has 0 spiro atoms. The van der Waals surface area contributed by atoms with Crippen molar-refractivity contribution in [3.63, 3.8) is 0 Å². The Balaban J connectivity index is 2.97. The van der Waals surface area contributed by atoms with Gasteiger partial charge in [-0.05, 0) is 12.1 Å². The number of halogens is 5. The monoisotopic (exact) mass is 245 g/mol. The Morgan fingerprint density at radius 3 is 2.50 bits per heavy atom. The first-order chi connectivity index (χ1) is 6.42. The molecule has 1 aromatic rings. The number of hydrogen-bond donors (Lipinski definition) is 0. The largest absolute Gasteiger partial charge is 0.573 e. The second-order valence-corrected chi connectivity index (χ2v) is 2.91. The fourth-order valence-electron chi connectivity index (χ4n) is 0.775. The van der Waals surface area contributed by atoms with Crippen LogP contribution < -0.4 is 4.74 Å². The van der Waals surface area contributed by atoms with Crippen molar-refractivity contribution >= 4 is 23.2 Å². The predicted octanol–water partition coefficient (Wildman–Crippen LogP) is 3.37. The van der Waals surface area contributed by atoms with E-state index in [-0.39, 0.29) is 16.7 Å². The van der Waals surface area contributed by atoms with Crippen molar-refractivity contribution in [1.82, 2.24) is 4.98 Å². The van der Waals surface area contributed by atoms with E-state index in [1.165, 1.54) is 6.07 Å². The fourth-order valence-corrected chi connectivity index (χ4v) is 1.13. The molecule has 0 aromatic carbocycles. The first-order valence-corrected chi connectivity index (χ1v) is 4.31. The molecule has 0 amide bonds. The number of alkyl halides is 4. The van der Waals surface area contributed by atoms with Gasteiger partial charge in [-0.25, -0.2) is 4.98 Å². The standard InChI is InChI=1S/C7H4Cl2F3NO/c8-3-4-5(14-7(10,11)12)1-2-6(9)13-4/h1-2H,3H2. The van der Waals surface area contributed by atoms with Crippen LogP contribution in [0.2, 0.25) is 5.15 Å². The molecule has 1 rings (SSSR count). The van der Waals surface area contributed by atoms with E-state index in [2.05, 4.69) is 9.72 Å². The van der Waals surface area contributed by atoms with Gasteiger partial charge in [0.15, 0.2) is 5.75 Å². The van der Waals surface area contributed by atoms with Crippen LogP contribution in [0.5, 0.6) is 5.75 Å². The highest BCUT2D eigenvalue weighted by Crippen LogP contribution is 2.27. The van der Waals surface area contributed by atoms with Crippen LogP contribution in [-0.2, 0) is 5.88 Å². The van der Waals surface area contributed by atoms with Crippen LogP contribution in [0.4, 0.5) is 13.2 Å². The van der Waals surface area contributed by atoms with Gasteiger partial charge in [-0.15, -0.1) is 24.8 Å². The van der Waals surface area contributed by atoms with Crippen LogP contribution in [0.3, 0.4) is 0 Å². The van der Waals surface area contributed by atoms with Crippen molar-refractivity contribution in [1.29, 1.82) is 0 Å². The molecule has 0 atom stereocenters. The molecule has 1 heterocycles. The van der Waals surface area contributed by atoms with Crippen LogP contribution in [0.1, 0.15) is 5.69 Å². The lowest BCUT2D eigenvalue weighted by atomic mass is 10.3. The van der Waals surface area contributed by atoms with Gasteiger partial charge in [0.05, 0.1) is 11.6 Å². The Morgan fingerprint density at radius 2 is 2.00 bits per heavy atom. The second kappa shape index (κ2) is 4.23. The highest BCUT2D eigenvalue weighted by atomic mass is 35.5. The SMILES string of the molecule is FC(F)(F)Oc1ccc(Cl)nc1CCl. The predicted molar refractivity (Wildman–Crippen MR) is 45.5 cm³/mol. The Bertz CT molecular complexity index is 329. The zero-order valence-electron chi connectivity index (χ0n) is 6.61. The minimum atomic E-state index is -4.75. The summed E-state index contributed by atoms with van der Waals surface area (Å²) in [4.78, 5) is 3.58. The summed E-state index contributed by atoms with van der Waals surface area (Å²) in [7, 11) is 0. The summed E-state index contributed by atoms with van der Waals surface area (Å²) in [5.41, 5.74) is -0.0449. The van der Waals surface area contributed by atoms with E-state index in [0.717, 1.165) is 6.07 Å². The van der Waals surface area contributed by atoms with Crippen LogP contribution in [0, 0.1) is 0 Å². The summed E-state index contributed by atoms with van der Waals surface area (Å²) in [6.07, 6.45) is -4.75. The van der Waals surface area contributed by atoms with E-state index in [4.69, 9.17) is 23.2 Å². The molecule has 0 saturated carbocycles. The van der Waals surface area contributed by atoms with E-state index >= 15 is 0 Å². The third kappa shape index (κ3) is 3.23. The van der Waals surface area contributed by atoms with Gasteiger partial charge in [0.25, 0.3) is 0 Å². The summed E-state index contributed by atoms with van der Waals surface area (Å²) in [6, 6.07) is 2.26. The van der Waals surface area contributed by atoms with E-state index in [1.807, 2.05) is 0 Å². The Labute approximate surface area is 87.6 Å². The van der Waals surface area contributed by atoms with Gasteiger partial charge in [0.1, 0.15) is 5.15 Å². The molecule has 78 valence electrons. The van der Waals surface area contributed by atoms with Gasteiger partial charge in [-0.3, -0.25) is 0 Å². The molecule has 0 unspecified atom stereocenters. The van der Waals surface area contributed by atoms with Crippen LogP contribution in [-0.4, -0.2) is 11.3 Å². The Kier molecular flexibility index (Phi) is 3.44. The zero-order valence-corrected chi connectivity index (χ0v) is 8.12. The lowest BCUT2D eigenvalue weighted by Gasteiger charge is -2.10. The van der Waals surface area contributed by atoms with Gasteiger partial charge < -0.3 is 4.74 Å². The molecular formula is C7H4Cl2F3NO. The minimum Gasteiger partial charge on any atom is -0.404 e. The number of pyridine rings is 1. The summed E-state index contributed by atoms with van der Waals surface area (Å²) in [6.45, 7) is 0. The Morgan fingerprint density at radius 1 is 1.36 bits per heavy atom. The third-order valence-corrected chi connectivity index (χ3v) is 1.71. The molecule has 0 N–H and O–H groups in total. The minimum absolute atomic E-state index is 0.0449. The highest BCUT2D eigenvalue weighted by Gasteiger charge is 2.32. The number of nitrogens with zero attached hydrogens (tertiary/aromatic N) is 1. The normalized spacial score (nSPS) is 11.5. The van der Waals surface area contributed by atoms with Gasteiger partial charge >= 0.3 is 6.36 Å². The summed E-state index contributed by atoms with van der Waals surface area (Å²) < 4.78 is 39.2. The number of hydrogen-bond acceptors (Lipinski definition) is 2. The first-order valence-electron chi connectivity index (χ1n) is 3.39. The molecule has 0 saturated heterocycles. The molecule has 0 fully saturated rings. The number of aromatic nitrogens is 1. The lowest BCUT2D eigenvalue weighted by Crippen LogP contribution is -2.18. The fraction of sp³-hybridized carbons (Fsp3) is 0.286. The highest BCUT2D eigenvalue weighted by molar-refractivity contribution is 6.29. The molecule has 14 heavy (non-hydrogen) atoms. The summed E-state index contributed by atoms with van der Waals surface area (Å²) in [5.74, 6) is -0.636. The van der Waals surface area contributed by atoms with Crippen molar-refractivity contribution in [2.45, 2.75) is 12.2 Å². The summed E-state index contributed by atoms with van der Waals surface area (Å²) >= 11 is 10.8. The number of rotatable bonds is 2.